The van der Waals surface area contributed by atoms with Crippen molar-refractivity contribution < 1.29 is 9.53 Å². The van der Waals surface area contributed by atoms with Crippen LogP contribution in [0.25, 0.3) is 0 Å². The van der Waals surface area contributed by atoms with Gasteiger partial charge in [0.05, 0.1) is 0 Å². The van der Waals surface area contributed by atoms with Gasteiger partial charge in [0, 0.05) is 13.5 Å². The van der Waals surface area contributed by atoms with Crippen molar-refractivity contribution in [2.45, 2.75) is 70.8 Å². The normalized spacial score (nSPS) is 20.8. The Morgan fingerprint density at radius 1 is 1.19 bits per heavy atom. The molecule has 2 nitrogen and oxygen atoms in total. The predicted molar refractivity (Wildman–Crippen MR) is 66.5 cm³/mol. The molecule has 0 spiro atoms. The van der Waals surface area contributed by atoms with Gasteiger partial charge >= 0.3 is 0 Å². The molecule has 1 aliphatic rings. The zero-order valence-electron chi connectivity index (χ0n) is 11.1. The largest absolute Gasteiger partial charge is 0.370 e. The second-order valence-electron chi connectivity index (χ2n) is 5.47. The van der Waals surface area contributed by atoms with Crippen LogP contribution in [0.1, 0.15) is 65.2 Å². The minimum absolute atomic E-state index is 0.339. The Balaban J connectivity index is 2.58. The number of Topliss-reactive ketones (excluding diaryl/α,β-unsaturated/α-hetero) is 1. The Morgan fingerprint density at radius 3 is 2.19 bits per heavy atom. The fourth-order valence-electron chi connectivity index (χ4n) is 2.54. The van der Waals surface area contributed by atoms with Crippen LogP contribution in [0.4, 0.5) is 0 Å². The first-order valence-electron chi connectivity index (χ1n) is 6.69. The lowest BCUT2D eigenvalue weighted by molar-refractivity contribution is -0.143. The molecule has 0 radical (unpaired) electrons. The molecule has 0 unspecified atom stereocenters. The van der Waals surface area contributed by atoms with E-state index in [1.165, 1.54) is 12.8 Å². The lowest BCUT2D eigenvalue weighted by Crippen LogP contribution is -2.40. The Kier molecular flexibility index (Phi) is 5.47. The standard InChI is InChI=1S/C14H26O2/c1-12(2)8-9-13(15)14(16-3)10-6-4-5-7-11-14/h12H,4-11H2,1-3H3. The van der Waals surface area contributed by atoms with Gasteiger partial charge in [0.1, 0.15) is 5.60 Å². The zero-order chi connectivity index (χ0) is 12.0. The summed E-state index contributed by atoms with van der Waals surface area (Å²) in [7, 11) is 1.71. The number of methoxy groups -OCH3 is 1. The number of rotatable bonds is 5. The van der Waals surface area contributed by atoms with E-state index in [4.69, 9.17) is 4.74 Å². The van der Waals surface area contributed by atoms with E-state index in [1.54, 1.807) is 7.11 Å². The maximum absolute atomic E-state index is 12.3. The summed E-state index contributed by atoms with van der Waals surface area (Å²) in [5, 5.41) is 0. The molecule has 1 fully saturated rings. The van der Waals surface area contributed by atoms with Gasteiger partial charge < -0.3 is 4.74 Å². The third-order valence-corrected chi connectivity index (χ3v) is 3.76. The highest BCUT2D eigenvalue weighted by Gasteiger charge is 2.37. The molecule has 0 amide bonds. The van der Waals surface area contributed by atoms with E-state index in [0.29, 0.717) is 18.1 Å². The molecular formula is C14H26O2. The fourth-order valence-corrected chi connectivity index (χ4v) is 2.54. The molecule has 0 saturated heterocycles. The smallest absolute Gasteiger partial charge is 0.164 e. The molecule has 1 aliphatic carbocycles. The summed E-state index contributed by atoms with van der Waals surface area (Å²) >= 11 is 0. The number of hydrogen-bond acceptors (Lipinski definition) is 2. The number of hydrogen-bond donors (Lipinski definition) is 0. The first-order chi connectivity index (χ1) is 7.60. The third kappa shape index (κ3) is 3.58. The van der Waals surface area contributed by atoms with Crippen molar-refractivity contribution in [2.24, 2.45) is 5.92 Å². The van der Waals surface area contributed by atoms with E-state index < -0.39 is 5.60 Å². The van der Waals surface area contributed by atoms with Gasteiger partial charge in [-0.3, -0.25) is 4.79 Å². The van der Waals surface area contributed by atoms with Gasteiger partial charge in [-0.2, -0.15) is 0 Å². The number of ether oxygens (including phenoxy) is 1. The van der Waals surface area contributed by atoms with E-state index in [2.05, 4.69) is 13.8 Å². The van der Waals surface area contributed by atoms with Crippen LogP contribution in [0.2, 0.25) is 0 Å². The topological polar surface area (TPSA) is 26.3 Å². The lowest BCUT2D eigenvalue weighted by Gasteiger charge is -2.30. The van der Waals surface area contributed by atoms with Gasteiger partial charge in [-0.1, -0.05) is 39.5 Å². The molecular weight excluding hydrogens is 200 g/mol. The van der Waals surface area contributed by atoms with Crippen LogP contribution < -0.4 is 0 Å². The molecule has 16 heavy (non-hydrogen) atoms. The Hall–Kier alpha value is -0.370. The van der Waals surface area contributed by atoms with Crippen LogP contribution >= 0.6 is 0 Å². The predicted octanol–water partition coefficient (Wildman–Crippen LogP) is 3.73. The summed E-state index contributed by atoms with van der Waals surface area (Å²) in [6.45, 7) is 4.33. The summed E-state index contributed by atoms with van der Waals surface area (Å²) < 4.78 is 5.60. The average Bonchev–Trinajstić information content (AvgIpc) is 2.51. The van der Waals surface area contributed by atoms with E-state index in [1.807, 2.05) is 0 Å². The molecule has 0 aromatic heterocycles. The van der Waals surface area contributed by atoms with Crippen molar-refractivity contribution in [3.05, 3.63) is 0 Å². The molecule has 2 heteroatoms. The Labute approximate surface area is 99.8 Å². The summed E-state index contributed by atoms with van der Waals surface area (Å²) in [5.74, 6) is 0.939. The van der Waals surface area contributed by atoms with Crippen LogP contribution in [0, 0.1) is 5.92 Å². The molecule has 0 N–H and O–H groups in total. The monoisotopic (exact) mass is 226 g/mol. The van der Waals surface area contributed by atoms with Gasteiger partial charge in [-0.25, -0.2) is 0 Å². The van der Waals surface area contributed by atoms with Crippen molar-refractivity contribution in [3.8, 4) is 0 Å². The Morgan fingerprint density at radius 2 is 1.75 bits per heavy atom. The first kappa shape index (κ1) is 13.7. The maximum Gasteiger partial charge on any atom is 0.164 e. The minimum Gasteiger partial charge on any atom is -0.370 e. The molecule has 0 bridgehead atoms. The number of ketones is 1. The van der Waals surface area contributed by atoms with Crippen molar-refractivity contribution in [1.29, 1.82) is 0 Å². The lowest BCUT2D eigenvalue weighted by atomic mass is 9.86. The SMILES string of the molecule is COC1(C(=O)CCC(C)C)CCCCCC1. The quantitative estimate of drug-likeness (QED) is 0.668. The highest BCUT2D eigenvalue weighted by molar-refractivity contribution is 5.87. The molecule has 94 valence electrons. The van der Waals surface area contributed by atoms with Crippen LogP contribution in [0.15, 0.2) is 0 Å². The molecule has 0 aromatic rings. The highest BCUT2D eigenvalue weighted by Crippen LogP contribution is 2.32. The van der Waals surface area contributed by atoms with E-state index >= 15 is 0 Å². The zero-order valence-corrected chi connectivity index (χ0v) is 11.1. The molecule has 0 aromatic carbocycles. The Bertz CT molecular complexity index is 213. The summed E-state index contributed by atoms with van der Waals surface area (Å²) in [6, 6.07) is 0. The van der Waals surface area contributed by atoms with Crippen molar-refractivity contribution in [3.63, 3.8) is 0 Å². The summed E-state index contributed by atoms with van der Waals surface area (Å²) in [4.78, 5) is 12.3. The van der Waals surface area contributed by atoms with E-state index in [-0.39, 0.29) is 0 Å². The molecule has 0 atom stereocenters. The van der Waals surface area contributed by atoms with Gasteiger partial charge in [0.2, 0.25) is 0 Å². The minimum atomic E-state index is -0.439. The van der Waals surface area contributed by atoms with Crippen LogP contribution in [0.3, 0.4) is 0 Å². The molecule has 0 heterocycles. The van der Waals surface area contributed by atoms with Crippen molar-refractivity contribution in [2.75, 3.05) is 7.11 Å². The van der Waals surface area contributed by atoms with Crippen molar-refractivity contribution >= 4 is 5.78 Å². The number of carbonyl (C=O) groups excluding carboxylic acids is 1. The highest BCUT2D eigenvalue weighted by atomic mass is 16.5. The van der Waals surface area contributed by atoms with Crippen LogP contribution in [-0.4, -0.2) is 18.5 Å². The molecule has 1 rings (SSSR count). The third-order valence-electron chi connectivity index (χ3n) is 3.76. The first-order valence-corrected chi connectivity index (χ1v) is 6.69. The van der Waals surface area contributed by atoms with Crippen LogP contribution in [-0.2, 0) is 9.53 Å². The maximum atomic E-state index is 12.3. The van der Waals surface area contributed by atoms with Gasteiger partial charge in [0.25, 0.3) is 0 Å². The molecule has 1 saturated carbocycles. The summed E-state index contributed by atoms with van der Waals surface area (Å²) in [6.07, 6.45) is 8.32. The fraction of sp³-hybridized carbons (Fsp3) is 0.929. The van der Waals surface area contributed by atoms with E-state index in [9.17, 15) is 4.79 Å². The average molecular weight is 226 g/mol. The van der Waals surface area contributed by atoms with Gasteiger partial charge in [-0.15, -0.1) is 0 Å². The van der Waals surface area contributed by atoms with Gasteiger partial charge in [-0.05, 0) is 25.2 Å². The van der Waals surface area contributed by atoms with E-state index in [0.717, 1.165) is 32.1 Å². The van der Waals surface area contributed by atoms with Crippen molar-refractivity contribution in [1.82, 2.24) is 0 Å². The van der Waals surface area contributed by atoms with Crippen LogP contribution in [0.5, 0.6) is 0 Å². The molecule has 0 aliphatic heterocycles. The number of carbonyl (C=O) groups is 1. The van der Waals surface area contributed by atoms with Gasteiger partial charge in [0.15, 0.2) is 5.78 Å². The summed E-state index contributed by atoms with van der Waals surface area (Å²) in [5.41, 5.74) is -0.439. The second-order valence-corrected chi connectivity index (χ2v) is 5.47. The second kappa shape index (κ2) is 6.39.